The number of anilines is 1. The number of nitrogens with zero attached hydrogens (tertiary/aromatic N) is 2. The van der Waals surface area contributed by atoms with Crippen LogP contribution in [0.4, 0.5) is 18.9 Å². The molecule has 2 aromatic carbocycles. The van der Waals surface area contributed by atoms with Gasteiger partial charge in [-0.25, -0.2) is 8.42 Å². The summed E-state index contributed by atoms with van der Waals surface area (Å²) in [5.74, 6) is -1.17. The largest absolute Gasteiger partial charge is 0.416 e. The molecule has 0 unspecified atom stereocenters. The maximum Gasteiger partial charge on any atom is 0.416 e. The van der Waals surface area contributed by atoms with Crippen molar-refractivity contribution < 1.29 is 31.2 Å². The summed E-state index contributed by atoms with van der Waals surface area (Å²) < 4.78 is 65.7. The van der Waals surface area contributed by atoms with Crippen molar-refractivity contribution >= 4 is 50.7 Å². The van der Waals surface area contributed by atoms with Crippen molar-refractivity contribution in [2.45, 2.75) is 46.0 Å². The lowest BCUT2D eigenvalue weighted by molar-refractivity contribution is -0.140. The van der Waals surface area contributed by atoms with E-state index < -0.39 is 46.2 Å². The predicted molar refractivity (Wildman–Crippen MR) is 143 cm³/mol. The second-order valence-corrected chi connectivity index (χ2v) is 11.8. The van der Waals surface area contributed by atoms with Gasteiger partial charge in [-0.15, -0.1) is 0 Å². The number of hydrogen-bond donors (Lipinski definition) is 1. The summed E-state index contributed by atoms with van der Waals surface area (Å²) in [7, 11) is -4.21. The molecule has 1 N–H and O–H groups in total. The Morgan fingerprint density at radius 2 is 1.63 bits per heavy atom. The van der Waals surface area contributed by atoms with Crippen LogP contribution in [-0.4, -0.2) is 50.5 Å². The summed E-state index contributed by atoms with van der Waals surface area (Å²) in [6, 6.07) is 7.33. The number of carbonyl (C=O) groups is 2. The third-order valence-corrected chi connectivity index (χ3v) is 7.45. The third-order valence-electron chi connectivity index (χ3n) is 5.60. The van der Waals surface area contributed by atoms with E-state index in [0.29, 0.717) is 22.5 Å². The van der Waals surface area contributed by atoms with E-state index in [0.717, 1.165) is 29.4 Å². The van der Waals surface area contributed by atoms with Crippen molar-refractivity contribution in [3.05, 3.63) is 63.6 Å². The standard InChI is InChI=1S/C25H30Cl2F3N3O4S/c1-5-22(24(35)31-13-16(2)3)32(14-19-20(26)10-7-11-21(19)27)23(34)15-33(38(4,36)37)18-9-6-8-17(12-18)25(28,29)30/h6-12,16,22H,5,13-15H2,1-4H3,(H,31,35)/t22-/m1/s1. The first kappa shape index (κ1) is 31.7. The molecule has 0 heterocycles. The lowest BCUT2D eigenvalue weighted by Gasteiger charge is -2.33. The molecular weight excluding hydrogens is 566 g/mol. The third kappa shape index (κ3) is 8.51. The summed E-state index contributed by atoms with van der Waals surface area (Å²) in [5.41, 5.74) is -1.08. The van der Waals surface area contributed by atoms with Crippen LogP contribution in [0.2, 0.25) is 10.0 Å². The summed E-state index contributed by atoms with van der Waals surface area (Å²) in [6.07, 6.45) is -3.78. The Morgan fingerprint density at radius 1 is 1.05 bits per heavy atom. The number of alkyl halides is 3. The van der Waals surface area contributed by atoms with Gasteiger partial charge in [0.05, 0.1) is 17.5 Å². The first-order valence-corrected chi connectivity index (χ1v) is 14.3. The average molecular weight is 596 g/mol. The topological polar surface area (TPSA) is 86.8 Å². The van der Waals surface area contributed by atoms with E-state index in [1.807, 2.05) is 13.8 Å². The van der Waals surface area contributed by atoms with Crippen LogP contribution in [0.15, 0.2) is 42.5 Å². The molecule has 2 rings (SSSR count). The monoisotopic (exact) mass is 595 g/mol. The maximum atomic E-state index is 13.7. The van der Waals surface area contributed by atoms with Crippen LogP contribution in [0.1, 0.15) is 38.3 Å². The van der Waals surface area contributed by atoms with Crippen molar-refractivity contribution in [1.29, 1.82) is 0 Å². The number of nitrogens with one attached hydrogen (secondary N) is 1. The van der Waals surface area contributed by atoms with E-state index in [9.17, 15) is 31.2 Å². The van der Waals surface area contributed by atoms with Gasteiger partial charge in [0.25, 0.3) is 0 Å². The van der Waals surface area contributed by atoms with E-state index >= 15 is 0 Å². The van der Waals surface area contributed by atoms with Crippen LogP contribution >= 0.6 is 23.2 Å². The molecular formula is C25H30Cl2F3N3O4S. The van der Waals surface area contributed by atoms with Gasteiger partial charge in [-0.1, -0.05) is 56.1 Å². The second kappa shape index (κ2) is 13.0. The molecule has 0 fully saturated rings. The average Bonchev–Trinajstić information content (AvgIpc) is 2.81. The molecule has 0 bridgehead atoms. The molecule has 0 aliphatic rings. The highest BCUT2D eigenvalue weighted by atomic mass is 35.5. The van der Waals surface area contributed by atoms with Gasteiger partial charge in [-0.3, -0.25) is 13.9 Å². The Labute approximate surface area is 230 Å². The van der Waals surface area contributed by atoms with E-state index in [4.69, 9.17) is 23.2 Å². The van der Waals surface area contributed by atoms with Crippen LogP contribution in [-0.2, 0) is 32.3 Å². The van der Waals surface area contributed by atoms with Crippen molar-refractivity contribution in [2.24, 2.45) is 5.92 Å². The van der Waals surface area contributed by atoms with Gasteiger partial charge in [0.2, 0.25) is 21.8 Å². The number of benzene rings is 2. The Balaban J connectivity index is 2.53. The molecule has 2 aromatic rings. The molecule has 210 valence electrons. The zero-order chi connectivity index (χ0) is 28.8. The van der Waals surface area contributed by atoms with E-state index in [2.05, 4.69) is 5.32 Å². The predicted octanol–water partition coefficient (Wildman–Crippen LogP) is 5.36. The second-order valence-electron chi connectivity index (χ2n) is 9.10. The summed E-state index contributed by atoms with van der Waals surface area (Å²) >= 11 is 12.6. The van der Waals surface area contributed by atoms with Gasteiger partial charge >= 0.3 is 6.18 Å². The van der Waals surface area contributed by atoms with Crippen molar-refractivity contribution in [3.63, 3.8) is 0 Å². The number of carbonyl (C=O) groups excluding carboxylic acids is 2. The number of halogens is 5. The zero-order valence-corrected chi connectivity index (χ0v) is 23.7. The van der Waals surface area contributed by atoms with Crippen LogP contribution in [0.3, 0.4) is 0 Å². The molecule has 2 amide bonds. The molecule has 38 heavy (non-hydrogen) atoms. The minimum atomic E-state index is -4.72. The maximum absolute atomic E-state index is 13.7. The van der Waals surface area contributed by atoms with Gasteiger partial charge in [-0.2, -0.15) is 13.2 Å². The quantitative estimate of drug-likeness (QED) is 0.379. The van der Waals surface area contributed by atoms with Gasteiger partial charge < -0.3 is 10.2 Å². The molecule has 0 saturated heterocycles. The number of sulfonamides is 1. The molecule has 0 aliphatic heterocycles. The minimum absolute atomic E-state index is 0.125. The minimum Gasteiger partial charge on any atom is -0.354 e. The fourth-order valence-corrected chi connectivity index (χ4v) is 5.01. The van der Waals surface area contributed by atoms with Gasteiger partial charge in [0.15, 0.2) is 0 Å². The molecule has 0 saturated carbocycles. The Kier molecular flexibility index (Phi) is 10.9. The first-order chi connectivity index (χ1) is 17.6. The van der Waals surface area contributed by atoms with Crippen LogP contribution in [0.25, 0.3) is 0 Å². The molecule has 0 spiro atoms. The molecule has 13 heteroatoms. The Hall–Kier alpha value is -2.50. The van der Waals surface area contributed by atoms with Crippen LogP contribution < -0.4 is 9.62 Å². The summed E-state index contributed by atoms with van der Waals surface area (Å²) in [5, 5.41) is 3.22. The highest BCUT2D eigenvalue weighted by Crippen LogP contribution is 2.32. The van der Waals surface area contributed by atoms with Crippen molar-refractivity contribution in [3.8, 4) is 0 Å². The molecule has 0 aromatic heterocycles. The van der Waals surface area contributed by atoms with E-state index in [1.54, 1.807) is 25.1 Å². The molecule has 0 aliphatic carbocycles. The van der Waals surface area contributed by atoms with Gasteiger partial charge in [0.1, 0.15) is 12.6 Å². The number of amides is 2. The SMILES string of the molecule is CC[C@H](C(=O)NCC(C)C)N(Cc1c(Cl)cccc1Cl)C(=O)CN(c1cccc(C(F)(F)F)c1)S(C)(=O)=O. The van der Waals surface area contributed by atoms with Crippen LogP contribution in [0, 0.1) is 5.92 Å². The molecule has 7 nitrogen and oxygen atoms in total. The van der Waals surface area contributed by atoms with Crippen molar-refractivity contribution in [1.82, 2.24) is 10.2 Å². The lowest BCUT2D eigenvalue weighted by Crippen LogP contribution is -2.52. The first-order valence-electron chi connectivity index (χ1n) is 11.7. The smallest absolute Gasteiger partial charge is 0.354 e. The van der Waals surface area contributed by atoms with Gasteiger partial charge in [0, 0.05) is 28.7 Å². The van der Waals surface area contributed by atoms with Crippen LogP contribution in [0.5, 0.6) is 0 Å². The zero-order valence-electron chi connectivity index (χ0n) is 21.4. The fraction of sp³-hybridized carbons (Fsp3) is 0.440. The molecule has 1 atom stereocenters. The summed E-state index contributed by atoms with van der Waals surface area (Å²) in [6.45, 7) is 4.72. The van der Waals surface area contributed by atoms with Crippen molar-refractivity contribution in [2.75, 3.05) is 23.7 Å². The normalized spacial score (nSPS) is 12.8. The molecule has 0 radical (unpaired) electrons. The number of hydrogen-bond acceptors (Lipinski definition) is 4. The highest BCUT2D eigenvalue weighted by molar-refractivity contribution is 7.92. The Morgan fingerprint density at radius 3 is 2.13 bits per heavy atom. The Bertz CT molecular complexity index is 1240. The lowest BCUT2D eigenvalue weighted by atomic mass is 10.1. The van der Waals surface area contributed by atoms with Gasteiger partial charge in [-0.05, 0) is 42.7 Å². The van der Waals surface area contributed by atoms with E-state index in [-0.39, 0.29) is 34.6 Å². The highest BCUT2D eigenvalue weighted by Gasteiger charge is 2.34. The number of rotatable bonds is 11. The summed E-state index contributed by atoms with van der Waals surface area (Å²) in [4.78, 5) is 27.9. The van der Waals surface area contributed by atoms with E-state index in [1.165, 1.54) is 0 Å². The fourth-order valence-electron chi connectivity index (χ4n) is 3.65.